The van der Waals surface area contributed by atoms with E-state index in [2.05, 4.69) is 0 Å². The highest BCUT2D eigenvalue weighted by Gasteiger charge is 2.44. The molecule has 0 bridgehead atoms. The van der Waals surface area contributed by atoms with Crippen LogP contribution in [0.5, 0.6) is 0 Å². The van der Waals surface area contributed by atoms with E-state index >= 15 is 0 Å². The number of hydroxylamine groups is 1. The Morgan fingerprint density at radius 1 is 1.25 bits per heavy atom. The van der Waals surface area contributed by atoms with Gasteiger partial charge in [0.2, 0.25) is 0 Å². The number of benzene rings is 1. The number of hydrogen-bond donors (Lipinski definition) is 3. The average Bonchev–Trinajstić information content (AvgIpc) is 3.28. The molecule has 1 aromatic heterocycles. The second kappa shape index (κ2) is 7.69. The van der Waals surface area contributed by atoms with Gasteiger partial charge in [0.25, 0.3) is 5.91 Å². The molecule has 172 valence electrons. The summed E-state index contributed by atoms with van der Waals surface area (Å²) in [6.45, 7) is 2.07. The van der Waals surface area contributed by atoms with Crippen molar-refractivity contribution in [2.24, 2.45) is 0 Å². The number of hydrogen-bond acceptors (Lipinski definition) is 7. The quantitative estimate of drug-likeness (QED) is 0.409. The van der Waals surface area contributed by atoms with Crippen LogP contribution in [0.1, 0.15) is 24.6 Å². The van der Waals surface area contributed by atoms with Crippen LogP contribution in [0.2, 0.25) is 0 Å². The lowest BCUT2D eigenvalue weighted by Gasteiger charge is -2.36. The van der Waals surface area contributed by atoms with Gasteiger partial charge in [-0.05, 0) is 30.5 Å². The first kappa shape index (κ1) is 22.5. The fourth-order valence-electron chi connectivity index (χ4n) is 3.93. The van der Waals surface area contributed by atoms with E-state index in [1.54, 1.807) is 6.20 Å². The van der Waals surface area contributed by atoms with Gasteiger partial charge >= 0.3 is 6.03 Å². The van der Waals surface area contributed by atoms with Gasteiger partial charge < -0.3 is 14.7 Å². The van der Waals surface area contributed by atoms with Gasteiger partial charge in [-0.25, -0.2) is 18.7 Å². The lowest BCUT2D eigenvalue weighted by molar-refractivity contribution is -0.184. The first-order valence-electron chi connectivity index (χ1n) is 10.0. The number of nitrogens with zero attached hydrogens (tertiary/aromatic N) is 2. The minimum Gasteiger partial charge on any atom is -0.380 e. The zero-order valence-electron chi connectivity index (χ0n) is 17.7. The monoisotopic (exact) mass is 463 g/mol. The number of carbonyl (C=O) groups excluding carboxylic acids is 2. The van der Waals surface area contributed by atoms with Crippen molar-refractivity contribution >= 4 is 21.8 Å². The maximum atomic E-state index is 12.8. The SMILES string of the molecule is CC(CCN1Cc2cc(-c3ccc(C4(O)COC4)cc3)cn2C1=O)(C(=O)NO)S(C)(=O)=O. The van der Waals surface area contributed by atoms with Crippen molar-refractivity contribution in [3.63, 3.8) is 0 Å². The van der Waals surface area contributed by atoms with E-state index in [1.165, 1.54) is 21.9 Å². The third-order valence-electron chi connectivity index (χ3n) is 6.43. The van der Waals surface area contributed by atoms with E-state index in [0.717, 1.165) is 28.6 Å². The molecule has 2 amide bonds. The Hall–Kier alpha value is -2.73. The summed E-state index contributed by atoms with van der Waals surface area (Å²) in [6, 6.07) is 9.00. The Labute approximate surface area is 185 Å². The van der Waals surface area contributed by atoms with Crippen molar-refractivity contribution in [1.29, 1.82) is 0 Å². The Bertz CT molecular complexity index is 1170. The van der Waals surface area contributed by atoms with Crippen LogP contribution in [0.25, 0.3) is 11.1 Å². The molecule has 1 aromatic carbocycles. The summed E-state index contributed by atoms with van der Waals surface area (Å²) in [6.07, 6.45) is 2.48. The van der Waals surface area contributed by atoms with E-state index in [4.69, 9.17) is 9.94 Å². The van der Waals surface area contributed by atoms with Crippen LogP contribution in [-0.2, 0) is 31.5 Å². The number of amides is 2. The molecule has 10 nitrogen and oxygen atoms in total. The molecule has 11 heteroatoms. The molecule has 1 unspecified atom stereocenters. The van der Waals surface area contributed by atoms with Gasteiger partial charge in [-0.3, -0.25) is 14.6 Å². The molecule has 0 spiro atoms. The van der Waals surface area contributed by atoms with Gasteiger partial charge in [0.1, 0.15) is 5.60 Å². The number of carbonyl (C=O) groups is 2. The fourth-order valence-corrected chi connectivity index (χ4v) is 4.77. The van der Waals surface area contributed by atoms with Crippen LogP contribution >= 0.6 is 0 Å². The normalized spacial score (nSPS) is 19.2. The Kier molecular flexibility index (Phi) is 5.40. The van der Waals surface area contributed by atoms with Crippen molar-refractivity contribution in [1.82, 2.24) is 14.9 Å². The number of aromatic nitrogens is 1. The average molecular weight is 464 g/mol. The Balaban J connectivity index is 1.47. The second-order valence-corrected chi connectivity index (χ2v) is 11.0. The molecule has 2 aliphatic rings. The summed E-state index contributed by atoms with van der Waals surface area (Å²) in [5, 5.41) is 19.3. The van der Waals surface area contributed by atoms with Gasteiger partial charge in [-0.1, -0.05) is 24.3 Å². The third kappa shape index (κ3) is 3.60. The maximum absolute atomic E-state index is 12.8. The van der Waals surface area contributed by atoms with E-state index in [-0.39, 0.29) is 38.8 Å². The van der Waals surface area contributed by atoms with Gasteiger partial charge in [-0.2, -0.15) is 0 Å². The summed E-state index contributed by atoms with van der Waals surface area (Å²) in [4.78, 5) is 26.3. The predicted molar refractivity (Wildman–Crippen MR) is 114 cm³/mol. The van der Waals surface area contributed by atoms with Crippen molar-refractivity contribution < 1.29 is 33.1 Å². The van der Waals surface area contributed by atoms with Crippen LogP contribution in [-0.4, -0.2) is 70.9 Å². The molecule has 0 aliphatic carbocycles. The summed E-state index contributed by atoms with van der Waals surface area (Å²) in [7, 11) is -3.84. The zero-order chi connectivity index (χ0) is 23.3. The molecule has 2 aliphatic heterocycles. The molecule has 3 heterocycles. The number of nitrogens with one attached hydrogen (secondary N) is 1. The molecule has 0 saturated carbocycles. The van der Waals surface area contributed by atoms with Crippen molar-refractivity contribution in [3.8, 4) is 11.1 Å². The largest absolute Gasteiger partial charge is 0.380 e. The molecular weight excluding hydrogens is 438 g/mol. The smallest absolute Gasteiger partial charge is 0.328 e. The minimum atomic E-state index is -3.84. The van der Waals surface area contributed by atoms with Crippen LogP contribution < -0.4 is 5.48 Å². The van der Waals surface area contributed by atoms with E-state index < -0.39 is 26.1 Å². The van der Waals surface area contributed by atoms with Crippen molar-refractivity contribution in [2.75, 3.05) is 26.0 Å². The Morgan fingerprint density at radius 3 is 2.41 bits per heavy atom. The van der Waals surface area contributed by atoms with Gasteiger partial charge in [0, 0.05) is 30.3 Å². The van der Waals surface area contributed by atoms with E-state index in [1.807, 2.05) is 30.3 Å². The topological polar surface area (TPSA) is 138 Å². The Morgan fingerprint density at radius 2 is 1.91 bits per heavy atom. The minimum absolute atomic E-state index is 0.0299. The first-order chi connectivity index (χ1) is 15.0. The molecule has 1 fully saturated rings. The fraction of sp³-hybridized carbons (Fsp3) is 0.429. The molecule has 2 aromatic rings. The highest BCUT2D eigenvalue weighted by Crippen LogP contribution is 2.33. The van der Waals surface area contributed by atoms with Gasteiger partial charge in [-0.15, -0.1) is 0 Å². The van der Waals surface area contributed by atoms with Gasteiger partial charge in [0.05, 0.1) is 19.8 Å². The van der Waals surface area contributed by atoms with E-state index in [9.17, 15) is 23.1 Å². The molecule has 4 rings (SSSR count). The zero-order valence-corrected chi connectivity index (χ0v) is 18.6. The lowest BCUT2D eigenvalue weighted by Crippen LogP contribution is -2.50. The standard InChI is InChI=1S/C21H25N3O7S/c1-20(18(25)22-28,32(2,29)30)7-8-23-11-17-9-15(10-24(17)19(23)26)14-3-5-16(6-4-14)21(27)12-31-13-21/h3-6,9-10,27-28H,7-8,11-13H2,1-2H3,(H,22,25). The summed E-state index contributed by atoms with van der Waals surface area (Å²) in [5.41, 5.74) is 3.73. The van der Waals surface area contributed by atoms with Crippen LogP contribution in [0, 0.1) is 0 Å². The van der Waals surface area contributed by atoms with Crippen molar-refractivity contribution in [3.05, 3.63) is 47.8 Å². The maximum Gasteiger partial charge on any atom is 0.328 e. The number of fused-ring (bicyclic) bond motifs is 1. The van der Waals surface area contributed by atoms with Crippen LogP contribution in [0.3, 0.4) is 0 Å². The van der Waals surface area contributed by atoms with E-state index in [0.29, 0.717) is 0 Å². The molecule has 1 atom stereocenters. The summed E-state index contributed by atoms with van der Waals surface area (Å²) >= 11 is 0. The predicted octanol–water partition coefficient (Wildman–Crippen LogP) is 0.855. The number of ether oxygens (including phenoxy) is 1. The number of sulfone groups is 1. The number of rotatable bonds is 7. The summed E-state index contributed by atoms with van der Waals surface area (Å²) < 4.78 is 29.0. The van der Waals surface area contributed by atoms with Crippen molar-refractivity contribution in [2.45, 2.75) is 30.2 Å². The molecular formula is C21H25N3O7S. The highest BCUT2D eigenvalue weighted by atomic mass is 32.2. The van der Waals surface area contributed by atoms with Crippen LogP contribution in [0.4, 0.5) is 4.79 Å². The molecule has 0 radical (unpaired) electrons. The second-order valence-electron chi connectivity index (χ2n) is 8.59. The number of aliphatic hydroxyl groups is 1. The molecule has 3 N–H and O–H groups in total. The van der Waals surface area contributed by atoms with Crippen LogP contribution in [0.15, 0.2) is 36.5 Å². The van der Waals surface area contributed by atoms with Gasteiger partial charge in [0.15, 0.2) is 14.6 Å². The lowest BCUT2D eigenvalue weighted by atomic mass is 9.91. The third-order valence-corrected chi connectivity index (χ3v) is 8.45. The molecule has 1 saturated heterocycles. The first-order valence-corrected chi connectivity index (χ1v) is 11.9. The summed E-state index contributed by atoms with van der Waals surface area (Å²) in [5.74, 6) is -1.03. The highest BCUT2D eigenvalue weighted by molar-refractivity contribution is 7.92. The molecule has 32 heavy (non-hydrogen) atoms.